The number of nitriles is 1. The number of piperazine rings is 1. The van der Waals surface area contributed by atoms with Gasteiger partial charge in [-0.15, -0.1) is 0 Å². The molecule has 0 aliphatic carbocycles. The van der Waals surface area contributed by atoms with Crippen LogP contribution in [0.2, 0.25) is 10.0 Å². The molecule has 2 aromatic carbocycles. The molecule has 150 valence electrons. The standard InChI is InChI=1S/C20H17Cl2N3O3S/c21-17-6-3-5-15(20(17)22)8-9-19(26)24-10-12-25(13-11-24)29(27,28)18-7-2-1-4-16(18)14-23/h1-9H,10-13H2/b9-8+. The molecular weight excluding hydrogens is 433 g/mol. The highest BCUT2D eigenvalue weighted by Crippen LogP contribution is 2.26. The summed E-state index contributed by atoms with van der Waals surface area (Å²) in [6, 6.07) is 13.1. The van der Waals surface area contributed by atoms with Crippen LogP contribution in [0.4, 0.5) is 0 Å². The van der Waals surface area contributed by atoms with Gasteiger partial charge in [0.1, 0.15) is 6.07 Å². The fourth-order valence-electron chi connectivity index (χ4n) is 2.99. The molecule has 2 aromatic rings. The van der Waals surface area contributed by atoms with Gasteiger partial charge in [0.2, 0.25) is 15.9 Å². The third kappa shape index (κ3) is 4.62. The minimum atomic E-state index is -3.80. The lowest BCUT2D eigenvalue weighted by molar-refractivity contribution is -0.127. The zero-order valence-corrected chi connectivity index (χ0v) is 17.6. The summed E-state index contributed by atoms with van der Waals surface area (Å²) in [5.41, 5.74) is 0.731. The van der Waals surface area contributed by atoms with Gasteiger partial charge in [-0.3, -0.25) is 4.79 Å². The molecular formula is C20H17Cl2N3O3S. The normalized spacial score (nSPS) is 15.4. The number of halogens is 2. The van der Waals surface area contributed by atoms with Crippen LogP contribution in [0.15, 0.2) is 53.4 Å². The van der Waals surface area contributed by atoms with Crippen LogP contribution in [0.3, 0.4) is 0 Å². The number of nitrogens with zero attached hydrogens (tertiary/aromatic N) is 3. The van der Waals surface area contributed by atoms with Gasteiger partial charge in [-0.05, 0) is 29.8 Å². The average Bonchev–Trinajstić information content (AvgIpc) is 2.74. The minimum Gasteiger partial charge on any atom is -0.337 e. The summed E-state index contributed by atoms with van der Waals surface area (Å²) >= 11 is 12.1. The zero-order valence-electron chi connectivity index (χ0n) is 15.3. The number of carbonyl (C=O) groups excluding carboxylic acids is 1. The van der Waals surface area contributed by atoms with E-state index in [2.05, 4.69) is 0 Å². The molecule has 6 nitrogen and oxygen atoms in total. The predicted molar refractivity (Wildman–Crippen MR) is 112 cm³/mol. The van der Waals surface area contributed by atoms with E-state index in [4.69, 9.17) is 23.2 Å². The van der Waals surface area contributed by atoms with Crippen molar-refractivity contribution in [1.29, 1.82) is 5.26 Å². The highest BCUT2D eigenvalue weighted by molar-refractivity contribution is 7.89. The molecule has 3 rings (SSSR count). The van der Waals surface area contributed by atoms with E-state index in [1.165, 1.54) is 22.5 Å². The predicted octanol–water partition coefficient (Wildman–Crippen LogP) is 3.41. The molecule has 0 radical (unpaired) electrons. The monoisotopic (exact) mass is 449 g/mol. The van der Waals surface area contributed by atoms with Crippen LogP contribution in [0.25, 0.3) is 6.08 Å². The summed E-state index contributed by atoms with van der Waals surface area (Å²) in [6.07, 6.45) is 2.98. The summed E-state index contributed by atoms with van der Waals surface area (Å²) in [5.74, 6) is -0.240. The van der Waals surface area contributed by atoms with Gasteiger partial charge in [0.15, 0.2) is 0 Å². The van der Waals surface area contributed by atoms with Crippen LogP contribution in [0.1, 0.15) is 11.1 Å². The maximum atomic E-state index is 12.9. The summed E-state index contributed by atoms with van der Waals surface area (Å²) in [5, 5.41) is 9.94. The van der Waals surface area contributed by atoms with Crippen LogP contribution < -0.4 is 0 Å². The lowest BCUT2D eigenvalue weighted by Gasteiger charge is -2.33. The third-order valence-electron chi connectivity index (χ3n) is 4.56. The summed E-state index contributed by atoms with van der Waals surface area (Å²) in [6.45, 7) is 0.806. The molecule has 1 aliphatic rings. The van der Waals surface area contributed by atoms with Gasteiger partial charge in [0, 0.05) is 32.3 Å². The van der Waals surface area contributed by atoms with E-state index in [0.29, 0.717) is 15.6 Å². The third-order valence-corrected chi connectivity index (χ3v) is 7.35. The van der Waals surface area contributed by atoms with Crippen molar-refractivity contribution in [1.82, 2.24) is 9.21 Å². The number of carbonyl (C=O) groups is 1. The number of amides is 1. The number of benzene rings is 2. The Labute approximate surface area is 179 Å². The Morgan fingerprint density at radius 2 is 1.72 bits per heavy atom. The zero-order chi connectivity index (χ0) is 21.0. The maximum absolute atomic E-state index is 12.9. The summed E-state index contributed by atoms with van der Waals surface area (Å²) in [4.78, 5) is 14.0. The molecule has 1 heterocycles. The van der Waals surface area contributed by atoms with Crippen molar-refractivity contribution >= 4 is 45.2 Å². The highest BCUT2D eigenvalue weighted by atomic mass is 35.5. The van der Waals surface area contributed by atoms with Gasteiger partial charge >= 0.3 is 0 Å². The second kappa shape index (κ2) is 8.97. The minimum absolute atomic E-state index is 0.0160. The molecule has 0 bridgehead atoms. The highest BCUT2D eigenvalue weighted by Gasteiger charge is 2.31. The van der Waals surface area contributed by atoms with Crippen molar-refractivity contribution in [2.75, 3.05) is 26.2 Å². The molecule has 0 N–H and O–H groups in total. The van der Waals surface area contributed by atoms with E-state index >= 15 is 0 Å². The van der Waals surface area contributed by atoms with E-state index in [1.807, 2.05) is 6.07 Å². The fourth-order valence-corrected chi connectivity index (χ4v) is 4.92. The second-order valence-electron chi connectivity index (χ2n) is 6.31. The molecule has 1 saturated heterocycles. The lowest BCUT2D eigenvalue weighted by atomic mass is 10.2. The van der Waals surface area contributed by atoms with E-state index in [1.54, 1.807) is 41.3 Å². The first-order valence-electron chi connectivity index (χ1n) is 8.75. The maximum Gasteiger partial charge on any atom is 0.246 e. The number of hydrogen-bond donors (Lipinski definition) is 0. The first-order chi connectivity index (χ1) is 13.8. The molecule has 1 aliphatic heterocycles. The largest absolute Gasteiger partial charge is 0.337 e. The molecule has 0 aromatic heterocycles. The smallest absolute Gasteiger partial charge is 0.246 e. The topological polar surface area (TPSA) is 81.5 Å². The summed E-state index contributed by atoms with van der Waals surface area (Å²) < 4.78 is 27.0. The molecule has 1 amide bonds. The fraction of sp³-hybridized carbons (Fsp3) is 0.200. The molecule has 0 atom stereocenters. The van der Waals surface area contributed by atoms with E-state index in [9.17, 15) is 18.5 Å². The van der Waals surface area contributed by atoms with E-state index in [0.717, 1.165) is 0 Å². The quantitative estimate of drug-likeness (QED) is 0.669. The SMILES string of the molecule is N#Cc1ccccc1S(=O)(=O)N1CCN(C(=O)/C=C/c2cccc(Cl)c2Cl)CC1. The molecule has 9 heteroatoms. The lowest BCUT2D eigenvalue weighted by Crippen LogP contribution is -2.50. The van der Waals surface area contributed by atoms with Crippen molar-refractivity contribution in [2.24, 2.45) is 0 Å². The van der Waals surface area contributed by atoms with Gasteiger partial charge in [0.05, 0.1) is 20.5 Å². The second-order valence-corrected chi connectivity index (χ2v) is 9.01. The van der Waals surface area contributed by atoms with Crippen molar-refractivity contribution in [2.45, 2.75) is 4.90 Å². The van der Waals surface area contributed by atoms with Gasteiger partial charge in [-0.2, -0.15) is 9.57 Å². The van der Waals surface area contributed by atoms with Gasteiger partial charge in [-0.25, -0.2) is 8.42 Å². The number of sulfonamides is 1. The van der Waals surface area contributed by atoms with Crippen molar-refractivity contribution in [3.05, 3.63) is 69.7 Å². The Morgan fingerprint density at radius 3 is 2.41 bits per heavy atom. The first kappa shape index (κ1) is 21.3. The van der Waals surface area contributed by atoms with Crippen molar-refractivity contribution in [3.8, 4) is 6.07 Å². The van der Waals surface area contributed by atoms with E-state index in [-0.39, 0.29) is 42.5 Å². The van der Waals surface area contributed by atoms with Crippen LogP contribution in [0, 0.1) is 11.3 Å². The first-order valence-corrected chi connectivity index (χ1v) is 10.9. The summed E-state index contributed by atoms with van der Waals surface area (Å²) in [7, 11) is -3.80. The molecule has 29 heavy (non-hydrogen) atoms. The Balaban J connectivity index is 1.67. The Bertz CT molecular complexity index is 1100. The van der Waals surface area contributed by atoms with Crippen molar-refractivity contribution < 1.29 is 13.2 Å². The van der Waals surface area contributed by atoms with Crippen molar-refractivity contribution in [3.63, 3.8) is 0 Å². The van der Waals surface area contributed by atoms with Crippen LogP contribution >= 0.6 is 23.2 Å². The Hall–Kier alpha value is -2.37. The molecule has 0 saturated carbocycles. The Kier molecular flexibility index (Phi) is 6.60. The van der Waals surface area contributed by atoms with Gasteiger partial charge in [-0.1, -0.05) is 47.5 Å². The van der Waals surface area contributed by atoms with Crippen LogP contribution in [0.5, 0.6) is 0 Å². The average molecular weight is 450 g/mol. The Morgan fingerprint density at radius 1 is 1.03 bits per heavy atom. The molecule has 0 spiro atoms. The van der Waals surface area contributed by atoms with Gasteiger partial charge in [0.25, 0.3) is 0 Å². The molecule has 1 fully saturated rings. The van der Waals surface area contributed by atoms with Gasteiger partial charge < -0.3 is 4.90 Å². The number of rotatable bonds is 4. The molecule has 0 unspecified atom stereocenters. The van der Waals surface area contributed by atoms with Crippen LogP contribution in [-0.4, -0.2) is 49.7 Å². The van der Waals surface area contributed by atoms with E-state index < -0.39 is 10.0 Å². The number of hydrogen-bond acceptors (Lipinski definition) is 4. The van der Waals surface area contributed by atoms with Crippen LogP contribution in [-0.2, 0) is 14.8 Å².